The van der Waals surface area contributed by atoms with E-state index in [1.807, 2.05) is 82.3 Å². The molecule has 2 aromatic rings. The highest BCUT2D eigenvalue weighted by molar-refractivity contribution is 6.00. The van der Waals surface area contributed by atoms with Crippen molar-refractivity contribution in [1.29, 1.82) is 0 Å². The van der Waals surface area contributed by atoms with Crippen LogP contribution in [0.4, 0.5) is 4.79 Å². The van der Waals surface area contributed by atoms with E-state index in [0.717, 1.165) is 16.5 Å². The smallest absolute Gasteiger partial charge is 0.408 e. The number of aromatic nitrogens is 1. The van der Waals surface area contributed by atoms with Crippen LogP contribution >= 0.6 is 0 Å². The molecule has 3 aliphatic heterocycles. The Morgan fingerprint density at radius 3 is 2.43 bits per heavy atom. The van der Waals surface area contributed by atoms with Crippen LogP contribution in [0.3, 0.4) is 0 Å². The van der Waals surface area contributed by atoms with Crippen molar-refractivity contribution < 1.29 is 43.2 Å². The van der Waals surface area contributed by atoms with Gasteiger partial charge in [-0.1, -0.05) is 65.0 Å². The van der Waals surface area contributed by atoms with Crippen LogP contribution < -0.4 is 5.32 Å². The summed E-state index contributed by atoms with van der Waals surface area (Å²) in [5, 5.41) is 15.4. The largest absolute Gasteiger partial charge is 0.458 e. The lowest BCUT2D eigenvalue weighted by atomic mass is 9.67. The Hall–Kier alpha value is -3.71. The van der Waals surface area contributed by atoms with Crippen LogP contribution in [-0.2, 0) is 33.3 Å². The van der Waals surface area contributed by atoms with Gasteiger partial charge in [0.25, 0.3) is 0 Å². The van der Waals surface area contributed by atoms with Gasteiger partial charge in [-0.3, -0.25) is 19.4 Å². The van der Waals surface area contributed by atoms with Gasteiger partial charge in [-0.05, 0) is 83.7 Å². The van der Waals surface area contributed by atoms with Gasteiger partial charge in [0.15, 0.2) is 17.7 Å². The molecule has 0 radical (unpaired) electrons. The lowest BCUT2D eigenvalue weighted by Crippen LogP contribution is -2.58. The summed E-state index contributed by atoms with van der Waals surface area (Å²) in [6, 6.07) is 8.84. The van der Waals surface area contributed by atoms with Crippen LogP contribution in [0.15, 0.2) is 42.6 Å². The first-order valence-corrected chi connectivity index (χ1v) is 19.3. The van der Waals surface area contributed by atoms with Crippen LogP contribution in [0.2, 0.25) is 0 Å². The first-order valence-electron chi connectivity index (χ1n) is 19.3. The molecule has 0 aliphatic carbocycles. The predicted octanol–water partition coefficient (Wildman–Crippen LogP) is 5.73. The fraction of sp³-hybridized carbons (Fsp3) is 0.643. The Bertz CT molecular complexity index is 1730. The normalized spacial score (nSPS) is 38.6. The number of benzene rings is 1. The lowest BCUT2D eigenvalue weighted by Gasteiger charge is -2.47. The number of ketones is 2. The number of aliphatic hydroxyl groups excluding tert-OH is 1. The van der Waals surface area contributed by atoms with E-state index in [1.54, 1.807) is 33.9 Å². The fourth-order valence-corrected chi connectivity index (χ4v) is 9.02. The van der Waals surface area contributed by atoms with Crippen molar-refractivity contribution in [3.05, 3.63) is 48.2 Å². The number of aliphatic hydroxyl groups is 1. The number of Topliss-reactive ketones (excluding diaryl/α,β-unsaturated/α-hetero) is 2. The molecule has 0 bridgehead atoms. The number of carbonyl (C=O) groups is 4. The van der Waals surface area contributed by atoms with Crippen molar-refractivity contribution >= 4 is 40.6 Å². The van der Waals surface area contributed by atoms with E-state index in [2.05, 4.69) is 10.3 Å². The van der Waals surface area contributed by atoms with Crippen molar-refractivity contribution in [3.8, 4) is 0 Å². The number of ether oxygens (including phenoxy) is 4. The molecule has 2 N–H and O–H groups in total. The number of pyridine rings is 1. The van der Waals surface area contributed by atoms with Crippen LogP contribution in [-0.4, -0.2) is 101 Å². The van der Waals surface area contributed by atoms with Crippen molar-refractivity contribution in [1.82, 2.24) is 15.2 Å². The van der Waals surface area contributed by atoms with Crippen LogP contribution in [0.25, 0.3) is 17.0 Å². The second-order valence-corrected chi connectivity index (χ2v) is 16.6. The topological polar surface area (TPSA) is 154 Å². The summed E-state index contributed by atoms with van der Waals surface area (Å²) in [4.78, 5) is 62.0. The van der Waals surface area contributed by atoms with E-state index in [9.17, 15) is 24.3 Å². The van der Waals surface area contributed by atoms with Crippen molar-refractivity contribution in [3.63, 3.8) is 0 Å². The number of amides is 1. The van der Waals surface area contributed by atoms with E-state index in [-0.39, 0.29) is 30.8 Å². The number of fused-ring (bicyclic) bond motifs is 2. The maximum absolute atomic E-state index is 14.5. The van der Waals surface area contributed by atoms with Gasteiger partial charge in [-0.25, -0.2) is 4.79 Å². The van der Waals surface area contributed by atoms with E-state index in [4.69, 9.17) is 18.9 Å². The molecule has 0 unspecified atom stereocenters. The van der Waals surface area contributed by atoms with Gasteiger partial charge >= 0.3 is 12.1 Å². The summed E-state index contributed by atoms with van der Waals surface area (Å²) in [5.74, 6) is -4.65. The molecular weight excluding hydrogens is 690 g/mol. The molecule has 54 heavy (non-hydrogen) atoms. The zero-order chi connectivity index (χ0) is 39.7. The maximum atomic E-state index is 14.5. The monoisotopic (exact) mass is 749 g/mol. The Balaban J connectivity index is 1.60. The van der Waals surface area contributed by atoms with Gasteiger partial charge in [0.05, 0.1) is 23.8 Å². The Kier molecular flexibility index (Phi) is 12.7. The number of likely N-dealkylation sites (N-methyl/N-ethyl adjacent to an activating group) is 1. The number of hydrogen-bond acceptors (Lipinski definition) is 11. The number of carbonyl (C=O) groups excluding carboxylic acids is 4. The third kappa shape index (κ3) is 8.41. The first kappa shape index (κ1) is 41.5. The summed E-state index contributed by atoms with van der Waals surface area (Å²) in [6.07, 6.45) is 2.36. The van der Waals surface area contributed by atoms with E-state index in [1.165, 1.54) is 6.92 Å². The fourth-order valence-electron chi connectivity index (χ4n) is 9.02. The highest BCUT2D eigenvalue weighted by Crippen LogP contribution is 2.44. The highest BCUT2D eigenvalue weighted by atomic mass is 16.7. The number of esters is 1. The number of hydrogen-bond donors (Lipinski definition) is 2. The average molecular weight is 750 g/mol. The summed E-state index contributed by atoms with van der Waals surface area (Å²) in [7, 11) is 3.78. The zero-order valence-corrected chi connectivity index (χ0v) is 33.4. The molecule has 3 fully saturated rings. The number of nitrogens with zero attached hydrogens (tertiary/aromatic N) is 2. The van der Waals surface area contributed by atoms with E-state index < -0.39 is 83.2 Å². The molecule has 1 amide bonds. The first-order chi connectivity index (χ1) is 25.4. The van der Waals surface area contributed by atoms with Crippen LogP contribution in [0, 0.1) is 29.1 Å². The molecule has 3 saturated heterocycles. The van der Waals surface area contributed by atoms with Crippen LogP contribution in [0.5, 0.6) is 0 Å². The van der Waals surface area contributed by atoms with E-state index >= 15 is 0 Å². The summed E-state index contributed by atoms with van der Waals surface area (Å²) in [5.41, 5.74) is -0.511. The number of nitrogens with one attached hydrogen (secondary N) is 1. The van der Waals surface area contributed by atoms with Gasteiger partial charge in [-0.2, -0.15) is 0 Å². The SMILES string of the molecule is CC[C@H]1OC(=O)[C@H](C)C(=O)[C@H](C)[C@@H](O[C@@H]2O[C@H](C)C[C@H](N(C)C)[C@H]2O)[C@@](C)(C/C=C/c2cnc3ccccc3c2)C[C@@H](C)C(=O)[C@H](C)[C@H]2NC(=O)O[C@@]21C. The molecule has 1 aromatic carbocycles. The molecule has 12 heteroatoms. The van der Waals surface area contributed by atoms with Crippen molar-refractivity contribution in [2.45, 2.75) is 129 Å². The Morgan fingerprint density at radius 1 is 1.04 bits per heavy atom. The molecule has 4 heterocycles. The van der Waals surface area contributed by atoms with E-state index in [0.29, 0.717) is 12.8 Å². The third-order valence-electron chi connectivity index (χ3n) is 12.1. The number of cyclic esters (lactones) is 1. The number of rotatable bonds is 7. The summed E-state index contributed by atoms with van der Waals surface area (Å²) >= 11 is 0. The van der Waals surface area contributed by atoms with Gasteiger partial charge < -0.3 is 34.3 Å². The lowest BCUT2D eigenvalue weighted by molar-refractivity contribution is -0.286. The quantitative estimate of drug-likeness (QED) is 0.264. The van der Waals surface area contributed by atoms with Crippen molar-refractivity contribution in [2.75, 3.05) is 14.1 Å². The van der Waals surface area contributed by atoms with Crippen LogP contribution in [0.1, 0.15) is 86.6 Å². The molecule has 0 saturated carbocycles. The minimum absolute atomic E-state index is 0.120. The Labute approximate surface area is 319 Å². The molecule has 3 aliphatic rings. The standard InChI is InChI=1S/C42H59N3O9/c1-11-32-42(8)36(44-40(50)54-42)25(4)33(46)23(2)21-41(7,18-14-15-28-20-29-16-12-13-17-30(29)43-22-28)37(26(5)34(47)27(6)38(49)52-32)53-39-35(48)31(45(9)10)19-24(3)51-39/h12-17,20,22-27,31-32,35-37,39,48H,11,18-19,21H2,1-10H3,(H,44,50)/b15-14+/t23-,24-,25+,26+,27-,31+,32-,35-,36-,37-,39+,41+,42-/m1/s1. The second-order valence-electron chi connectivity index (χ2n) is 16.6. The molecule has 296 valence electrons. The molecule has 5 rings (SSSR count). The minimum Gasteiger partial charge on any atom is -0.458 e. The number of allylic oxidation sites excluding steroid dienone is 1. The minimum atomic E-state index is -1.35. The number of alkyl carbamates (subject to hydrolysis) is 1. The maximum Gasteiger partial charge on any atom is 0.408 e. The Morgan fingerprint density at radius 2 is 1.74 bits per heavy atom. The average Bonchev–Trinajstić information content (AvgIpc) is 3.45. The number of para-hydroxylation sites is 1. The predicted molar refractivity (Wildman–Crippen MR) is 204 cm³/mol. The highest BCUT2D eigenvalue weighted by Gasteiger charge is 2.57. The zero-order valence-electron chi connectivity index (χ0n) is 33.4. The summed E-state index contributed by atoms with van der Waals surface area (Å²) in [6.45, 7) is 14.2. The third-order valence-corrected chi connectivity index (χ3v) is 12.1. The van der Waals surface area contributed by atoms with Crippen molar-refractivity contribution in [2.24, 2.45) is 29.1 Å². The van der Waals surface area contributed by atoms with Gasteiger partial charge in [0, 0.05) is 35.4 Å². The molecule has 0 spiro atoms. The molecule has 1 aromatic heterocycles. The van der Waals surface area contributed by atoms with Gasteiger partial charge in [0.1, 0.15) is 23.9 Å². The van der Waals surface area contributed by atoms with Gasteiger partial charge in [0.2, 0.25) is 0 Å². The summed E-state index contributed by atoms with van der Waals surface area (Å²) < 4.78 is 24.8. The molecule has 12 nitrogen and oxygen atoms in total. The molecule has 13 atom stereocenters. The molecular formula is C42H59N3O9. The van der Waals surface area contributed by atoms with Gasteiger partial charge in [-0.15, -0.1) is 0 Å². The second kappa shape index (κ2) is 16.6.